The molecule has 0 spiro atoms. The molecule has 0 aliphatic carbocycles. The maximum absolute atomic E-state index is 13.5. The van der Waals surface area contributed by atoms with Gasteiger partial charge in [0, 0.05) is 10.6 Å². The van der Waals surface area contributed by atoms with E-state index >= 15 is 0 Å². The van der Waals surface area contributed by atoms with Gasteiger partial charge in [0.1, 0.15) is 11.6 Å². The average molecular weight is 374 g/mol. The zero-order chi connectivity index (χ0) is 18.4. The zero-order valence-corrected chi connectivity index (χ0v) is 14.9. The molecule has 136 valence electrons. The number of para-hydroxylation sites is 1. The highest BCUT2D eigenvalue weighted by atomic mass is 32.2. The number of nitrogens with one attached hydrogen (secondary N) is 2. The van der Waals surface area contributed by atoms with Gasteiger partial charge in [-0.3, -0.25) is 9.59 Å². The molecule has 2 aromatic carbocycles. The van der Waals surface area contributed by atoms with E-state index in [1.54, 1.807) is 30.0 Å². The molecule has 0 bridgehead atoms. The molecule has 2 aromatic rings. The zero-order valence-electron chi connectivity index (χ0n) is 14.0. The fraction of sp³-hybridized carbons (Fsp3) is 0.263. The molecule has 1 unspecified atom stereocenters. The summed E-state index contributed by atoms with van der Waals surface area (Å²) in [6.07, 6.45) is 0.720. The number of amides is 2. The van der Waals surface area contributed by atoms with Crippen molar-refractivity contribution in [2.45, 2.75) is 17.4 Å². The summed E-state index contributed by atoms with van der Waals surface area (Å²) < 4.78 is 18.8. The van der Waals surface area contributed by atoms with Crippen molar-refractivity contribution in [2.75, 3.05) is 18.9 Å². The lowest BCUT2D eigenvalue weighted by Gasteiger charge is -2.26. The van der Waals surface area contributed by atoms with Crippen molar-refractivity contribution in [2.24, 2.45) is 0 Å². The number of benzene rings is 2. The number of rotatable bonds is 6. The molecule has 1 atom stereocenters. The summed E-state index contributed by atoms with van der Waals surface area (Å²) in [6, 6.07) is 13.3. The third-order valence-corrected chi connectivity index (χ3v) is 5.03. The molecule has 0 aromatic heterocycles. The summed E-state index contributed by atoms with van der Waals surface area (Å²) in [5.74, 6) is 0.419. The number of halogens is 1. The van der Waals surface area contributed by atoms with Crippen LogP contribution in [0.2, 0.25) is 0 Å². The highest BCUT2D eigenvalue weighted by molar-refractivity contribution is 7.99. The Kier molecular flexibility index (Phi) is 6.12. The Labute approximate surface area is 155 Å². The fourth-order valence-corrected chi connectivity index (χ4v) is 3.76. The summed E-state index contributed by atoms with van der Waals surface area (Å²) in [4.78, 5) is 24.9. The number of hydrogen-bond donors (Lipinski definition) is 2. The Morgan fingerprint density at radius 3 is 2.77 bits per heavy atom. The van der Waals surface area contributed by atoms with Crippen LogP contribution in [-0.2, 0) is 9.59 Å². The Morgan fingerprint density at radius 1 is 1.15 bits per heavy atom. The van der Waals surface area contributed by atoms with E-state index in [-0.39, 0.29) is 36.8 Å². The first-order valence-corrected chi connectivity index (χ1v) is 9.26. The molecule has 3 rings (SSSR count). The minimum absolute atomic E-state index is 0.148. The summed E-state index contributed by atoms with van der Waals surface area (Å²) in [6.45, 7) is -0.309. The molecule has 1 heterocycles. The van der Waals surface area contributed by atoms with Gasteiger partial charge in [-0.1, -0.05) is 18.2 Å². The Bertz CT molecular complexity index is 786. The minimum atomic E-state index is -0.380. The van der Waals surface area contributed by atoms with Crippen molar-refractivity contribution in [1.29, 1.82) is 0 Å². The van der Waals surface area contributed by atoms with Gasteiger partial charge in [0.05, 0.1) is 12.6 Å². The highest BCUT2D eigenvalue weighted by Crippen LogP contribution is 2.36. The second-order valence-electron chi connectivity index (χ2n) is 5.82. The lowest BCUT2D eigenvalue weighted by molar-refractivity contribution is -0.127. The molecule has 0 saturated heterocycles. The Morgan fingerprint density at radius 2 is 1.96 bits per heavy atom. The van der Waals surface area contributed by atoms with Gasteiger partial charge in [0.15, 0.2) is 6.61 Å². The number of ether oxygens (including phenoxy) is 1. The van der Waals surface area contributed by atoms with E-state index in [0.717, 1.165) is 22.6 Å². The molecule has 2 N–H and O–H groups in total. The summed E-state index contributed by atoms with van der Waals surface area (Å²) in [5, 5.41) is 5.38. The van der Waals surface area contributed by atoms with E-state index < -0.39 is 0 Å². The van der Waals surface area contributed by atoms with Gasteiger partial charge in [-0.15, -0.1) is 11.8 Å². The van der Waals surface area contributed by atoms with Crippen LogP contribution in [0, 0.1) is 5.82 Å². The van der Waals surface area contributed by atoms with Crippen molar-refractivity contribution in [1.82, 2.24) is 10.6 Å². The van der Waals surface area contributed by atoms with Crippen molar-refractivity contribution in [3.63, 3.8) is 0 Å². The van der Waals surface area contributed by atoms with Gasteiger partial charge in [0.25, 0.3) is 5.91 Å². The summed E-state index contributed by atoms with van der Waals surface area (Å²) in [5.41, 5.74) is 0.785. The standard InChI is InChI=1S/C19H19FN2O3S/c20-13-6-7-17-15(10-13)16(8-9-26-17)22-18(23)11-21-19(24)12-25-14-4-2-1-3-5-14/h1-7,10,16H,8-9,11-12H2,(H,21,24)(H,22,23). The molecule has 2 amide bonds. The average Bonchev–Trinajstić information content (AvgIpc) is 2.66. The van der Waals surface area contributed by atoms with Crippen LogP contribution < -0.4 is 15.4 Å². The third kappa shape index (κ3) is 4.98. The quantitative estimate of drug-likeness (QED) is 0.816. The highest BCUT2D eigenvalue weighted by Gasteiger charge is 2.23. The maximum atomic E-state index is 13.5. The van der Waals surface area contributed by atoms with Crippen LogP contribution in [0.15, 0.2) is 53.4 Å². The molecule has 1 aliphatic rings. The predicted molar refractivity (Wildman–Crippen MR) is 97.6 cm³/mol. The molecule has 26 heavy (non-hydrogen) atoms. The van der Waals surface area contributed by atoms with Gasteiger partial charge in [-0.25, -0.2) is 4.39 Å². The van der Waals surface area contributed by atoms with Crippen molar-refractivity contribution >= 4 is 23.6 Å². The first-order valence-electron chi connectivity index (χ1n) is 8.28. The van der Waals surface area contributed by atoms with E-state index in [2.05, 4.69) is 10.6 Å². The lowest BCUT2D eigenvalue weighted by atomic mass is 10.0. The number of hydrogen-bond acceptors (Lipinski definition) is 4. The van der Waals surface area contributed by atoms with Crippen LogP contribution in [0.3, 0.4) is 0 Å². The van der Waals surface area contributed by atoms with E-state index in [4.69, 9.17) is 4.74 Å². The van der Waals surface area contributed by atoms with Crippen LogP contribution in [-0.4, -0.2) is 30.7 Å². The van der Waals surface area contributed by atoms with Crippen molar-refractivity contribution < 1.29 is 18.7 Å². The second kappa shape index (κ2) is 8.71. The maximum Gasteiger partial charge on any atom is 0.258 e. The van der Waals surface area contributed by atoms with Crippen LogP contribution in [0.4, 0.5) is 4.39 Å². The molecule has 1 aliphatic heterocycles. The minimum Gasteiger partial charge on any atom is -0.484 e. The number of thioether (sulfide) groups is 1. The molecule has 0 fully saturated rings. The molecule has 7 heteroatoms. The number of carbonyl (C=O) groups excluding carboxylic acids is 2. The largest absolute Gasteiger partial charge is 0.484 e. The van der Waals surface area contributed by atoms with Gasteiger partial charge in [-0.05, 0) is 42.3 Å². The molecule has 0 saturated carbocycles. The number of carbonyl (C=O) groups is 2. The van der Waals surface area contributed by atoms with E-state index in [9.17, 15) is 14.0 Å². The summed E-state index contributed by atoms with van der Waals surface area (Å²) in [7, 11) is 0. The summed E-state index contributed by atoms with van der Waals surface area (Å²) >= 11 is 1.65. The van der Waals surface area contributed by atoms with E-state index in [1.165, 1.54) is 12.1 Å². The predicted octanol–water partition coefficient (Wildman–Crippen LogP) is 2.67. The van der Waals surface area contributed by atoms with Crippen molar-refractivity contribution in [3.8, 4) is 5.75 Å². The Hall–Kier alpha value is -2.54. The van der Waals surface area contributed by atoms with E-state index in [1.807, 2.05) is 18.2 Å². The topological polar surface area (TPSA) is 67.4 Å². The Balaban J connectivity index is 1.46. The second-order valence-corrected chi connectivity index (χ2v) is 6.95. The number of fused-ring (bicyclic) bond motifs is 1. The lowest BCUT2D eigenvalue weighted by Crippen LogP contribution is -2.40. The van der Waals surface area contributed by atoms with Crippen LogP contribution >= 0.6 is 11.8 Å². The SMILES string of the molecule is O=C(COc1ccccc1)NCC(=O)NC1CCSc2ccc(F)cc21. The third-order valence-electron chi connectivity index (χ3n) is 3.91. The fourth-order valence-electron chi connectivity index (χ4n) is 2.66. The van der Waals surface area contributed by atoms with Crippen LogP contribution in [0.1, 0.15) is 18.0 Å². The molecular formula is C19H19FN2O3S. The molecule has 5 nitrogen and oxygen atoms in total. The van der Waals surface area contributed by atoms with Gasteiger partial charge < -0.3 is 15.4 Å². The molecule has 0 radical (unpaired) electrons. The normalized spacial score (nSPS) is 15.7. The first kappa shape index (κ1) is 18.3. The van der Waals surface area contributed by atoms with Gasteiger partial charge in [-0.2, -0.15) is 0 Å². The van der Waals surface area contributed by atoms with Gasteiger partial charge in [0.2, 0.25) is 5.91 Å². The van der Waals surface area contributed by atoms with Gasteiger partial charge >= 0.3 is 0 Å². The molecular weight excluding hydrogens is 355 g/mol. The monoisotopic (exact) mass is 374 g/mol. The van der Waals surface area contributed by atoms with Crippen LogP contribution in [0.5, 0.6) is 5.75 Å². The van der Waals surface area contributed by atoms with Crippen molar-refractivity contribution in [3.05, 3.63) is 59.9 Å². The first-order chi connectivity index (χ1) is 12.6. The smallest absolute Gasteiger partial charge is 0.258 e. The van der Waals surface area contributed by atoms with Crippen LogP contribution in [0.25, 0.3) is 0 Å². The van der Waals surface area contributed by atoms with E-state index in [0.29, 0.717) is 5.75 Å².